The summed E-state index contributed by atoms with van der Waals surface area (Å²) in [5.41, 5.74) is -0.390. The molecular formula is C11H13N3O4S. The minimum atomic E-state index is -3.83. The van der Waals surface area contributed by atoms with Crippen LogP contribution >= 0.6 is 0 Å². The molecule has 0 radical (unpaired) electrons. The Bertz CT molecular complexity index is 621. The van der Waals surface area contributed by atoms with Crippen LogP contribution in [-0.2, 0) is 10.0 Å². The first-order chi connectivity index (χ1) is 9.00. The second-order valence-corrected chi connectivity index (χ2v) is 6.54. The monoisotopic (exact) mass is 283 g/mol. The summed E-state index contributed by atoms with van der Waals surface area (Å²) < 4.78 is 27.0. The molecule has 1 aromatic carbocycles. The van der Waals surface area contributed by atoms with Crippen LogP contribution in [0.4, 0.5) is 5.69 Å². The van der Waals surface area contributed by atoms with Gasteiger partial charge in [0.05, 0.1) is 4.92 Å². The molecule has 2 fully saturated rings. The third-order valence-corrected chi connectivity index (χ3v) is 5.24. The van der Waals surface area contributed by atoms with Gasteiger partial charge in [0, 0.05) is 12.1 Å². The van der Waals surface area contributed by atoms with Crippen molar-refractivity contribution in [2.45, 2.75) is 10.9 Å². The van der Waals surface area contributed by atoms with Crippen LogP contribution in [0.5, 0.6) is 0 Å². The Morgan fingerprint density at radius 2 is 1.89 bits per heavy atom. The number of para-hydroxylation sites is 1. The van der Waals surface area contributed by atoms with E-state index in [1.165, 1.54) is 24.3 Å². The van der Waals surface area contributed by atoms with Crippen LogP contribution in [0.25, 0.3) is 0 Å². The Balaban J connectivity index is 1.86. The topological polar surface area (TPSA) is 101 Å². The first kappa shape index (κ1) is 12.5. The minimum Gasteiger partial charge on any atom is -0.316 e. The molecule has 3 rings (SSSR count). The van der Waals surface area contributed by atoms with Crippen LogP contribution in [-0.4, -0.2) is 32.5 Å². The predicted octanol–water partition coefficient (Wildman–Crippen LogP) is 0.0909. The number of hydrogen-bond acceptors (Lipinski definition) is 5. The van der Waals surface area contributed by atoms with E-state index in [9.17, 15) is 18.5 Å². The molecule has 0 bridgehead atoms. The average Bonchev–Trinajstić information content (AvgIpc) is 2.82. The van der Waals surface area contributed by atoms with E-state index in [1.54, 1.807) is 0 Å². The van der Waals surface area contributed by atoms with Gasteiger partial charge in [0.15, 0.2) is 4.90 Å². The highest BCUT2D eigenvalue weighted by molar-refractivity contribution is 7.89. The summed E-state index contributed by atoms with van der Waals surface area (Å²) >= 11 is 0. The van der Waals surface area contributed by atoms with E-state index in [-0.39, 0.29) is 16.6 Å². The van der Waals surface area contributed by atoms with Crippen molar-refractivity contribution in [1.82, 2.24) is 10.0 Å². The van der Waals surface area contributed by atoms with E-state index in [2.05, 4.69) is 10.0 Å². The van der Waals surface area contributed by atoms with Crippen LogP contribution in [0.15, 0.2) is 29.2 Å². The molecule has 2 aliphatic rings. The van der Waals surface area contributed by atoms with Crippen LogP contribution in [0.3, 0.4) is 0 Å². The van der Waals surface area contributed by atoms with E-state index < -0.39 is 14.9 Å². The molecule has 1 aliphatic carbocycles. The van der Waals surface area contributed by atoms with E-state index in [1.807, 2.05) is 0 Å². The Morgan fingerprint density at radius 3 is 2.53 bits per heavy atom. The zero-order chi connectivity index (χ0) is 13.6. The molecule has 1 heterocycles. The molecule has 8 heteroatoms. The van der Waals surface area contributed by atoms with Crippen molar-refractivity contribution in [3.63, 3.8) is 0 Å². The van der Waals surface area contributed by atoms with E-state index in [4.69, 9.17) is 0 Å². The first-order valence-electron chi connectivity index (χ1n) is 5.97. The van der Waals surface area contributed by atoms with E-state index in [0.717, 1.165) is 13.1 Å². The molecule has 102 valence electrons. The molecule has 3 atom stereocenters. The second kappa shape index (κ2) is 4.26. The molecular weight excluding hydrogens is 270 g/mol. The second-order valence-electron chi connectivity index (χ2n) is 4.86. The van der Waals surface area contributed by atoms with Gasteiger partial charge in [0.1, 0.15) is 0 Å². The van der Waals surface area contributed by atoms with Crippen LogP contribution in [0.1, 0.15) is 0 Å². The molecule has 0 amide bonds. The number of benzene rings is 1. The fourth-order valence-corrected chi connectivity index (χ4v) is 4.18. The lowest BCUT2D eigenvalue weighted by atomic mass is 10.3. The third-order valence-electron chi connectivity index (χ3n) is 3.73. The minimum absolute atomic E-state index is 0.0916. The summed E-state index contributed by atoms with van der Waals surface area (Å²) in [6.07, 6.45) is 0. The van der Waals surface area contributed by atoms with Crippen molar-refractivity contribution >= 4 is 15.7 Å². The van der Waals surface area contributed by atoms with Crippen molar-refractivity contribution in [3.8, 4) is 0 Å². The summed E-state index contributed by atoms with van der Waals surface area (Å²) in [5.74, 6) is 0.634. The summed E-state index contributed by atoms with van der Waals surface area (Å²) in [4.78, 5) is 9.93. The van der Waals surface area contributed by atoms with Gasteiger partial charge in [-0.15, -0.1) is 0 Å². The van der Waals surface area contributed by atoms with Gasteiger partial charge in [-0.05, 0) is 31.0 Å². The van der Waals surface area contributed by atoms with Crippen LogP contribution in [0, 0.1) is 22.0 Å². The van der Waals surface area contributed by atoms with Gasteiger partial charge in [-0.1, -0.05) is 12.1 Å². The molecule has 1 saturated heterocycles. The SMILES string of the molecule is O=[N+]([O-])c1ccccc1S(=O)(=O)NC1[C@H]2CNC[C@@H]12. The molecule has 1 unspecified atom stereocenters. The zero-order valence-corrected chi connectivity index (χ0v) is 10.8. The summed E-state index contributed by atoms with van der Waals surface area (Å²) in [6, 6.07) is 5.30. The number of nitrogens with zero attached hydrogens (tertiary/aromatic N) is 1. The highest BCUT2D eigenvalue weighted by atomic mass is 32.2. The standard InChI is InChI=1S/C11H13N3O4S/c15-14(16)9-3-1-2-4-10(9)19(17,18)13-11-7-5-12-6-8(7)11/h1-4,7-8,11-13H,5-6H2/t7-,8+,11?. The zero-order valence-electron chi connectivity index (χ0n) is 9.94. The number of nitrogens with one attached hydrogen (secondary N) is 2. The highest BCUT2D eigenvalue weighted by Crippen LogP contribution is 2.42. The maximum absolute atomic E-state index is 12.2. The fourth-order valence-electron chi connectivity index (χ4n) is 2.67. The van der Waals surface area contributed by atoms with E-state index >= 15 is 0 Å². The van der Waals surface area contributed by atoms with Crippen molar-refractivity contribution in [1.29, 1.82) is 0 Å². The number of hydrogen-bond donors (Lipinski definition) is 2. The lowest BCUT2D eigenvalue weighted by Crippen LogP contribution is -2.32. The number of nitro benzene ring substituents is 1. The quantitative estimate of drug-likeness (QED) is 0.602. The smallest absolute Gasteiger partial charge is 0.289 e. The van der Waals surface area contributed by atoms with Crippen LogP contribution < -0.4 is 10.0 Å². The number of rotatable bonds is 4. The molecule has 1 saturated carbocycles. The van der Waals surface area contributed by atoms with Crippen molar-refractivity contribution < 1.29 is 13.3 Å². The number of sulfonamides is 1. The van der Waals surface area contributed by atoms with Gasteiger partial charge in [0.2, 0.25) is 10.0 Å². The molecule has 1 aromatic rings. The van der Waals surface area contributed by atoms with Crippen molar-refractivity contribution in [2.24, 2.45) is 11.8 Å². The Kier molecular flexibility index (Phi) is 2.80. The van der Waals surface area contributed by atoms with E-state index in [0.29, 0.717) is 11.8 Å². The van der Waals surface area contributed by atoms with Gasteiger partial charge >= 0.3 is 0 Å². The maximum atomic E-state index is 12.2. The Labute approximate surface area is 110 Å². The molecule has 19 heavy (non-hydrogen) atoms. The Morgan fingerprint density at radius 1 is 1.26 bits per heavy atom. The lowest BCUT2D eigenvalue weighted by Gasteiger charge is -2.09. The number of piperidine rings is 1. The van der Waals surface area contributed by atoms with Gasteiger partial charge in [-0.25, -0.2) is 13.1 Å². The largest absolute Gasteiger partial charge is 0.316 e. The highest BCUT2D eigenvalue weighted by Gasteiger charge is 2.54. The Hall–Kier alpha value is -1.51. The number of nitro groups is 1. The molecule has 0 aromatic heterocycles. The lowest BCUT2D eigenvalue weighted by molar-refractivity contribution is -0.387. The fraction of sp³-hybridized carbons (Fsp3) is 0.455. The summed E-state index contributed by atoms with van der Waals surface area (Å²) in [5, 5.41) is 14.0. The normalized spacial score (nSPS) is 28.9. The summed E-state index contributed by atoms with van der Waals surface area (Å²) in [6.45, 7) is 1.60. The average molecular weight is 283 g/mol. The van der Waals surface area contributed by atoms with Crippen molar-refractivity contribution in [2.75, 3.05) is 13.1 Å². The third kappa shape index (κ3) is 2.11. The van der Waals surface area contributed by atoms with Gasteiger partial charge in [-0.2, -0.15) is 0 Å². The molecule has 7 nitrogen and oxygen atoms in total. The van der Waals surface area contributed by atoms with Gasteiger partial charge in [0.25, 0.3) is 5.69 Å². The van der Waals surface area contributed by atoms with Crippen LogP contribution in [0.2, 0.25) is 0 Å². The predicted molar refractivity (Wildman–Crippen MR) is 67.1 cm³/mol. The summed E-state index contributed by atoms with van der Waals surface area (Å²) in [7, 11) is -3.83. The molecule has 1 aliphatic heterocycles. The maximum Gasteiger partial charge on any atom is 0.289 e. The van der Waals surface area contributed by atoms with Gasteiger partial charge < -0.3 is 5.32 Å². The molecule has 2 N–H and O–H groups in total. The number of fused-ring (bicyclic) bond motifs is 1. The first-order valence-corrected chi connectivity index (χ1v) is 7.45. The van der Waals surface area contributed by atoms with Gasteiger partial charge in [-0.3, -0.25) is 10.1 Å². The van der Waals surface area contributed by atoms with Crippen molar-refractivity contribution in [3.05, 3.63) is 34.4 Å². The molecule has 0 spiro atoms.